The third-order valence-corrected chi connectivity index (χ3v) is 4.58. The van der Waals surface area contributed by atoms with Crippen LogP contribution in [-0.2, 0) is 11.3 Å². The summed E-state index contributed by atoms with van der Waals surface area (Å²) in [4.78, 5) is 11.5. The summed E-state index contributed by atoms with van der Waals surface area (Å²) in [5.74, 6) is 1.21. The first kappa shape index (κ1) is 18.9. The fourth-order valence-corrected chi connectivity index (χ4v) is 2.92. The molecule has 1 heterocycles. The number of methoxy groups -OCH3 is 1. The van der Waals surface area contributed by atoms with Gasteiger partial charge in [0.05, 0.1) is 12.7 Å². The lowest BCUT2D eigenvalue weighted by Crippen LogP contribution is -2.88. The number of benzene rings is 2. The molecule has 0 saturated carbocycles. The number of quaternary nitrogens is 1. The van der Waals surface area contributed by atoms with Crippen molar-refractivity contribution in [3.63, 3.8) is 0 Å². The molecule has 27 heavy (non-hydrogen) atoms. The normalized spacial score (nSPS) is 13.1. The van der Waals surface area contributed by atoms with Crippen molar-refractivity contribution < 1.29 is 24.4 Å². The number of furan rings is 1. The van der Waals surface area contributed by atoms with Gasteiger partial charge in [0, 0.05) is 5.56 Å². The minimum Gasteiger partial charge on any atom is -0.465 e. The number of aliphatic hydroxyl groups is 1. The molecule has 0 amide bonds. The van der Waals surface area contributed by atoms with Crippen LogP contribution in [0.2, 0.25) is 0 Å². The second-order valence-corrected chi connectivity index (χ2v) is 6.49. The first-order valence-corrected chi connectivity index (χ1v) is 8.92. The van der Waals surface area contributed by atoms with Gasteiger partial charge >= 0.3 is 5.97 Å². The van der Waals surface area contributed by atoms with Gasteiger partial charge in [-0.05, 0) is 36.8 Å². The highest BCUT2D eigenvalue weighted by Crippen LogP contribution is 2.22. The van der Waals surface area contributed by atoms with Crippen LogP contribution in [0.15, 0.2) is 71.1 Å². The average molecular weight is 366 g/mol. The van der Waals surface area contributed by atoms with E-state index in [0.29, 0.717) is 12.1 Å². The molecule has 2 aromatic carbocycles. The number of carbonyl (C=O) groups is 1. The third kappa shape index (κ3) is 4.64. The highest BCUT2D eigenvalue weighted by atomic mass is 16.5. The molecule has 1 aromatic heterocycles. The van der Waals surface area contributed by atoms with E-state index in [1.54, 1.807) is 12.1 Å². The summed E-state index contributed by atoms with van der Waals surface area (Å²) in [6.45, 7) is 2.62. The number of hydrogen-bond donors (Lipinski definition) is 2. The number of aliphatic hydroxyl groups excluding tert-OH is 1. The van der Waals surface area contributed by atoms with Crippen LogP contribution in [0.4, 0.5) is 0 Å². The Labute approximate surface area is 158 Å². The molecule has 0 saturated heterocycles. The molecule has 140 valence electrons. The highest BCUT2D eigenvalue weighted by molar-refractivity contribution is 5.89. The molecule has 0 spiro atoms. The van der Waals surface area contributed by atoms with Crippen LogP contribution in [0.5, 0.6) is 0 Å². The van der Waals surface area contributed by atoms with E-state index in [-0.39, 0.29) is 12.0 Å². The molecule has 5 heteroatoms. The van der Waals surface area contributed by atoms with Gasteiger partial charge in [-0.2, -0.15) is 0 Å². The van der Waals surface area contributed by atoms with Gasteiger partial charge in [-0.15, -0.1) is 0 Å². The highest BCUT2D eigenvalue weighted by Gasteiger charge is 2.19. The maximum atomic E-state index is 11.5. The molecular formula is C22H24NO4+. The molecule has 2 atom stereocenters. The zero-order valence-corrected chi connectivity index (χ0v) is 15.5. The quantitative estimate of drug-likeness (QED) is 0.631. The number of ether oxygens (including phenoxy) is 1. The molecule has 0 bridgehead atoms. The van der Waals surface area contributed by atoms with Crippen molar-refractivity contribution in [3.8, 4) is 11.3 Å². The lowest BCUT2D eigenvalue weighted by Gasteiger charge is -2.17. The third-order valence-electron chi connectivity index (χ3n) is 4.58. The molecule has 0 fully saturated rings. The van der Waals surface area contributed by atoms with Crippen molar-refractivity contribution in [1.29, 1.82) is 0 Å². The number of rotatable bonds is 7. The van der Waals surface area contributed by atoms with E-state index < -0.39 is 6.10 Å². The van der Waals surface area contributed by atoms with E-state index in [4.69, 9.17) is 9.15 Å². The molecular weight excluding hydrogens is 342 g/mol. The molecule has 0 aliphatic rings. The Bertz CT molecular complexity index is 871. The molecule has 3 aromatic rings. The van der Waals surface area contributed by atoms with Crippen LogP contribution < -0.4 is 5.32 Å². The number of hydrogen-bond acceptors (Lipinski definition) is 4. The monoisotopic (exact) mass is 366 g/mol. The van der Waals surface area contributed by atoms with Crippen LogP contribution in [0, 0.1) is 0 Å². The van der Waals surface area contributed by atoms with Gasteiger partial charge in [0.25, 0.3) is 0 Å². The Morgan fingerprint density at radius 3 is 2.44 bits per heavy atom. The minimum absolute atomic E-state index is 0.000268. The zero-order chi connectivity index (χ0) is 19.2. The van der Waals surface area contributed by atoms with E-state index >= 15 is 0 Å². The van der Waals surface area contributed by atoms with Crippen LogP contribution >= 0.6 is 0 Å². The lowest BCUT2D eigenvalue weighted by atomic mass is 10.0. The number of esters is 1. The van der Waals surface area contributed by atoms with Gasteiger partial charge in [0.1, 0.15) is 24.5 Å². The SMILES string of the molecule is COC(=O)c1ccc(-c2ccc(C[NH2+][C@@H](C)[C@@H](O)c3ccccc3)o2)cc1. The summed E-state index contributed by atoms with van der Waals surface area (Å²) < 4.78 is 10.6. The summed E-state index contributed by atoms with van der Waals surface area (Å²) >= 11 is 0. The van der Waals surface area contributed by atoms with E-state index in [1.807, 2.05) is 61.5 Å². The molecule has 3 rings (SSSR count). The molecule has 0 aliphatic heterocycles. The standard InChI is InChI=1S/C22H23NO4/c1-15(21(24)17-6-4-3-5-7-17)23-14-19-12-13-20(27-19)16-8-10-18(11-9-16)22(25)26-2/h3-13,15,21,23-24H,14H2,1-2H3/p+1/t15-,21+/m0/s1. The summed E-state index contributed by atoms with van der Waals surface area (Å²) in [6.07, 6.45) is -0.536. The van der Waals surface area contributed by atoms with Crippen molar-refractivity contribution in [2.45, 2.75) is 25.6 Å². The van der Waals surface area contributed by atoms with Gasteiger partial charge in [-0.1, -0.05) is 42.5 Å². The number of nitrogens with two attached hydrogens (primary N) is 1. The van der Waals surface area contributed by atoms with Gasteiger partial charge in [0.2, 0.25) is 0 Å². The summed E-state index contributed by atoms with van der Waals surface area (Å²) in [5, 5.41) is 12.5. The molecule has 0 unspecified atom stereocenters. The van der Waals surface area contributed by atoms with Gasteiger partial charge in [0.15, 0.2) is 5.76 Å². The lowest BCUT2D eigenvalue weighted by molar-refractivity contribution is -0.710. The van der Waals surface area contributed by atoms with Crippen LogP contribution in [0.3, 0.4) is 0 Å². The predicted octanol–water partition coefficient (Wildman–Crippen LogP) is 2.92. The second kappa shape index (κ2) is 8.66. The molecule has 0 radical (unpaired) electrons. The zero-order valence-electron chi connectivity index (χ0n) is 15.5. The Morgan fingerprint density at radius 2 is 1.78 bits per heavy atom. The average Bonchev–Trinajstić information content (AvgIpc) is 3.20. The van der Waals surface area contributed by atoms with Crippen molar-refractivity contribution in [2.24, 2.45) is 0 Å². The predicted molar refractivity (Wildman–Crippen MR) is 102 cm³/mol. The molecule has 3 N–H and O–H groups in total. The summed E-state index contributed by atoms with van der Waals surface area (Å²) in [5.41, 5.74) is 2.31. The van der Waals surface area contributed by atoms with Gasteiger partial charge in [-0.25, -0.2) is 4.79 Å². The maximum Gasteiger partial charge on any atom is 0.337 e. The first-order valence-electron chi connectivity index (χ1n) is 8.92. The van der Waals surface area contributed by atoms with Gasteiger partial charge < -0.3 is 19.6 Å². The van der Waals surface area contributed by atoms with Crippen LogP contribution in [0.1, 0.15) is 34.7 Å². The topological polar surface area (TPSA) is 76.3 Å². The Balaban J connectivity index is 1.60. The fraction of sp³-hybridized carbons (Fsp3) is 0.227. The van der Waals surface area contributed by atoms with Crippen molar-refractivity contribution >= 4 is 5.97 Å². The van der Waals surface area contributed by atoms with E-state index in [9.17, 15) is 9.90 Å². The summed E-state index contributed by atoms with van der Waals surface area (Å²) in [7, 11) is 1.36. The Kier molecular flexibility index (Phi) is 6.06. The van der Waals surface area contributed by atoms with Crippen molar-refractivity contribution in [2.75, 3.05) is 7.11 Å². The molecule has 0 aliphatic carbocycles. The van der Waals surface area contributed by atoms with E-state index in [2.05, 4.69) is 5.32 Å². The largest absolute Gasteiger partial charge is 0.465 e. The minimum atomic E-state index is -0.536. The fourth-order valence-electron chi connectivity index (χ4n) is 2.92. The number of carbonyl (C=O) groups excluding carboxylic acids is 1. The molecule has 5 nitrogen and oxygen atoms in total. The second-order valence-electron chi connectivity index (χ2n) is 6.49. The van der Waals surface area contributed by atoms with Crippen molar-refractivity contribution in [3.05, 3.63) is 83.6 Å². The maximum absolute atomic E-state index is 11.5. The van der Waals surface area contributed by atoms with Gasteiger partial charge in [-0.3, -0.25) is 0 Å². The van der Waals surface area contributed by atoms with Crippen LogP contribution in [-0.4, -0.2) is 24.2 Å². The Morgan fingerprint density at radius 1 is 1.07 bits per heavy atom. The Hall–Kier alpha value is -2.89. The summed E-state index contributed by atoms with van der Waals surface area (Å²) in [6, 6.07) is 20.6. The van der Waals surface area contributed by atoms with E-state index in [0.717, 1.165) is 22.6 Å². The van der Waals surface area contributed by atoms with Crippen LogP contribution in [0.25, 0.3) is 11.3 Å². The van der Waals surface area contributed by atoms with E-state index in [1.165, 1.54) is 7.11 Å². The van der Waals surface area contributed by atoms with Crippen molar-refractivity contribution in [1.82, 2.24) is 0 Å². The smallest absolute Gasteiger partial charge is 0.337 e. The first-order chi connectivity index (χ1) is 13.1.